The summed E-state index contributed by atoms with van der Waals surface area (Å²) < 4.78 is 18.9. The molecule has 150 valence electrons. The van der Waals surface area contributed by atoms with Crippen molar-refractivity contribution < 1.29 is 9.13 Å². The van der Waals surface area contributed by atoms with Crippen molar-refractivity contribution in [1.29, 1.82) is 0 Å². The topological polar surface area (TPSA) is 53.5 Å². The van der Waals surface area contributed by atoms with Crippen molar-refractivity contribution in [3.63, 3.8) is 0 Å². The van der Waals surface area contributed by atoms with E-state index in [1.807, 2.05) is 37.3 Å². The van der Waals surface area contributed by atoms with Crippen molar-refractivity contribution >= 4 is 23.1 Å². The van der Waals surface area contributed by atoms with Crippen molar-refractivity contribution in [1.82, 2.24) is 9.97 Å². The molecule has 1 aliphatic rings. The Balaban J connectivity index is 1.47. The van der Waals surface area contributed by atoms with Gasteiger partial charge in [0.25, 0.3) is 0 Å². The first kappa shape index (κ1) is 19.0. The second-order valence-electron chi connectivity index (χ2n) is 6.98. The van der Waals surface area contributed by atoms with Gasteiger partial charge in [0.15, 0.2) is 0 Å². The number of benzene rings is 2. The van der Waals surface area contributed by atoms with Crippen LogP contribution in [0.3, 0.4) is 0 Å². The first-order valence-electron chi connectivity index (χ1n) is 9.63. The second kappa shape index (κ2) is 8.34. The van der Waals surface area contributed by atoms with Gasteiger partial charge in [0.2, 0.25) is 5.95 Å². The Morgan fingerprint density at radius 3 is 2.45 bits per heavy atom. The van der Waals surface area contributed by atoms with Crippen LogP contribution in [0.1, 0.15) is 5.69 Å². The van der Waals surface area contributed by atoms with Gasteiger partial charge in [-0.3, -0.25) is 0 Å². The van der Waals surface area contributed by atoms with E-state index >= 15 is 0 Å². The highest BCUT2D eigenvalue weighted by Gasteiger charge is 2.21. The lowest BCUT2D eigenvalue weighted by Crippen LogP contribution is -2.47. The predicted octanol–water partition coefficient (Wildman–Crippen LogP) is 4.00. The molecule has 6 nitrogen and oxygen atoms in total. The zero-order chi connectivity index (χ0) is 20.2. The lowest BCUT2D eigenvalue weighted by Gasteiger charge is -2.36. The Morgan fingerprint density at radius 1 is 0.931 bits per heavy atom. The van der Waals surface area contributed by atoms with Crippen molar-refractivity contribution in [2.45, 2.75) is 6.92 Å². The van der Waals surface area contributed by atoms with Crippen molar-refractivity contribution in [2.24, 2.45) is 0 Å². The van der Waals surface area contributed by atoms with Crippen LogP contribution in [0.5, 0.6) is 5.75 Å². The molecule has 1 fully saturated rings. The van der Waals surface area contributed by atoms with E-state index in [4.69, 9.17) is 4.74 Å². The predicted molar refractivity (Wildman–Crippen MR) is 114 cm³/mol. The molecule has 0 unspecified atom stereocenters. The van der Waals surface area contributed by atoms with E-state index in [2.05, 4.69) is 31.2 Å². The van der Waals surface area contributed by atoms with Crippen LogP contribution in [-0.4, -0.2) is 43.3 Å². The molecular weight excluding hydrogens is 369 g/mol. The normalized spacial score (nSPS) is 14.0. The fraction of sp³-hybridized carbons (Fsp3) is 0.273. The molecule has 0 atom stereocenters. The number of para-hydroxylation sites is 2. The number of rotatable bonds is 5. The van der Waals surface area contributed by atoms with E-state index in [9.17, 15) is 4.39 Å². The summed E-state index contributed by atoms with van der Waals surface area (Å²) in [6.07, 6.45) is 0. The number of aryl methyl sites for hydroxylation is 1. The number of halogens is 1. The highest BCUT2D eigenvalue weighted by atomic mass is 19.1. The average Bonchev–Trinajstić information content (AvgIpc) is 2.73. The summed E-state index contributed by atoms with van der Waals surface area (Å²) in [6, 6.07) is 16.3. The highest BCUT2D eigenvalue weighted by molar-refractivity contribution is 5.60. The van der Waals surface area contributed by atoms with Crippen molar-refractivity contribution in [3.05, 3.63) is 66.1 Å². The number of anilines is 4. The van der Waals surface area contributed by atoms with Crippen LogP contribution in [0.4, 0.5) is 27.5 Å². The number of hydrogen-bond donors (Lipinski definition) is 1. The fourth-order valence-corrected chi connectivity index (χ4v) is 3.51. The second-order valence-corrected chi connectivity index (χ2v) is 6.98. The lowest BCUT2D eigenvalue weighted by atomic mass is 10.2. The maximum atomic E-state index is 13.5. The third kappa shape index (κ3) is 4.39. The molecule has 2 heterocycles. The summed E-state index contributed by atoms with van der Waals surface area (Å²) in [5.41, 5.74) is 2.63. The molecule has 1 N–H and O–H groups in total. The van der Waals surface area contributed by atoms with Crippen LogP contribution >= 0.6 is 0 Å². The molecule has 0 saturated carbocycles. The molecule has 4 rings (SSSR count). The molecule has 0 aliphatic carbocycles. The summed E-state index contributed by atoms with van der Waals surface area (Å²) in [5.74, 6) is 1.94. The standard InChI is InChI=1S/C22H24FN5O/c1-16-14-21(25-18-7-5-6-17(23)15-18)26-22(24-16)28-12-10-27(11-13-28)19-8-3-4-9-20(19)29-2/h3-9,14-15H,10-13H2,1-2H3,(H,24,25,26). The Bertz CT molecular complexity index is 988. The molecule has 3 aromatic rings. The quantitative estimate of drug-likeness (QED) is 0.707. The first-order valence-corrected chi connectivity index (χ1v) is 9.63. The summed E-state index contributed by atoms with van der Waals surface area (Å²) >= 11 is 0. The number of nitrogens with zero attached hydrogens (tertiary/aromatic N) is 4. The molecule has 29 heavy (non-hydrogen) atoms. The van der Waals surface area contributed by atoms with Gasteiger partial charge in [-0.25, -0.2) is 9.37 Å². The molecule has 7 heteroatoms. The number of ether oxygens (including phenoxy) is 1. The van der Waals surface area contributed by atoms with Crippen molar-refractivity contribution in [2.75, 3.05) is 48.4 Å². The fourth-order valence-electron chi connectivity index (χ4n) is 3.51. The number of hydrogen-bond acceptors (Lipinski definition) is 6. The Morgan fingerprint density at radius 2 is 1.69 bits per heavy atom. The van der Waals surface area contributed by atoms with Crippen LogP contribution in [0.15, 0.2) is 54.6 Å². The van der Waals surface area contributed by atoms with E-state index in [1.165, 1.54) is 12.1 Å². The maximum absolute atomic E-state index is 13.5. The number of piperazine rings is 1. The molecule has 1 saturated heterocycles. The van der Waals surface area contributed by atoms with E-state index in [0.717, 1.165) is 43.3 Å². The Hall–Kier alpha value is -3.35. The van der Waals surface area contributed by atoms with Gasteiger partial charge in [0, 0.05) is 43.6 Å². The molecule has 0 radical (unpaired) electrons. The molecular formula is C22H24FN5O. The summed E-state index contributed by atoms with van der Waals surface area (Å²) in [4.78, 5) is 13.8. The first-order chi connectivity index (χ1) is 14.1. The molecule has 0 bridgehead atoms. The zero-order valence-electron chi connectivity index (χ0n) is 16.6. The van der Waals surface area contributed by atoms with Gasteiger partial charge in [-0.15, -0.1) is 0 Å². The molecule has 0 spiro atoms. The minimum atomic E-state index is -0.284. The van der Waals surface area contributed by atoms with Gasteiger partial charge >= 0.3 is 0 Å². The third-order valence-electron chi connectivity index (χ3n) is 4.93. The van der Waals surface area contributed by atoms with E-state index in [0.29, 0.717) is 17.5 Å². The average molecular weight is 393 g/mol. The van der Waals surface area contributed by atoms with Crippen LogP contribution < -0.4 is 19.9 Å². The molecule has 1 aromatic heterocycles. The molecule has 0 amide bonds. The van der Waals surface area contributed by atoms with Gasteiger partial charge in [-0.05, 0) is 37.3 Å². The SMILES string of the molecule is COc1ccccc1N1CCN(c2nc(C)cc(Nc3cccc(F)c3)n2)CC1. The minimum Gasteiger partial charge on any atom is -0.495 e. The Kier molecular flexibility index (Phi) is 5.46. The maximum Gasteiger partial charge on any atom is 0.227 e. The lowest BCUT2D eigenvalue weighted by molar-refractivity contribution is 0.413. The smallest absolute Gasteiger partial charge is 0.227 e. The summed E-state index contributed by atoms with van der Waals surface area (Å²) in [5, 5.41) is 3.17. The van der Waals surface area contributed by atoms with Gasteiger partial charge in [0.1, 0.15) is 17.4 Å². The summed E-state index contributed by atoms with van der Waals surface area (Å²) in [6.45, 7) is 5.25. The van der Waals surface area contributed by atoms with Gasteiger partial charge in [0.05, 0.1) is 12.8 Å². The van der Waals surface area contributed by atoms with E-state index in [1.54, 1.807) is 13.2 Å². The molecule has 1 aliphatic heterocycles. The molecule has 2 aromatic carbocycles. The van der Waals surface area contributed by atoms with Crippen LogP contribution in [0, 0.1) is 12.7 Å². The van der Waals surface area contributed by atoms with Crippen LogP contribution in [0.2, 0.25) is 0 Å². The highest BCUT2D eigenvalue weighted by Crippen LogP contribution is 2.29. The summed E-state index contributed by atoms with van der Waals surface area (Å²) in [7, 11) is 1.70. The van der Waals surface area contributed by atoms with E-state index in [-0.39, 0.29) is 5.82 Å². The van der Waals surface area contributed by atoms with Gasteiger partial charge < -0.3 is 19.9 Å². The van der Waals surface area contributed by atoms with Crippen molar-refractivity contribution in [3.8, 4) is 5.75 Å². The monoisotopic (exact) mass is 393 g/mol. The number of methoxy groups -OCH3 is 1. The zero-order valence-corrected chi connectivity index (χ0v) is 16.6. The number of nitrogens with one attached hydrogen (secondary N) is 1. The van der Waals surface area contributed by atoms with Crippen LogP contribution in [-0.2, 0) is 0 Å². The number of aromatic nitrogens is 2. The minimum absolute atomic E-state index is 0.284. The Labute approximate surface area is 170 Å². The van der Waals surface area contributed by atoms with Gasteiger partial charge in [-0.1, -0.05) is 18.2 Å². The van der Waals surface area contributed by atoms with E-state index < -0.39 is 0 Å². The third-order valence-corrected chi connectivity index (χ3v) is 4.93. The van der Waals surface area contributed by atoms with Gasteiger partial charge in [-0.2, -0.15) is 4.98 Å². The largest absolute Gasteiger partial charge is 0.495 e. The van der Waals surface area contributed by atoms with Crippen LogP contribution in [0.25, 0.3) is 0 Å².